The molecule has 1 aliphatic rings. The number of hydrogen-bond acceptors (Lipinski definition) is 6. The standard InChI is InChI=1S/C15H17N3O3S/c1-11-9-18(7-8-20-11)13(19)10-22-15-16-14(17-21-15)12-5-3-2-4-6-12/h2-6,11H,7-10H2,1H3/t11-/m0/s1. The molecule has 1 aliphatic heterocycles. The van der Waals surface area contributed by atoms with Crippen molar-refractivity contribution in [3.63, 3.8) is 0 Å². The summed E-state index contributed by atoms with van der Waals surface area (Å²) < 4.78 is 10.6. The molecule has 2 aromatic rings. The summed E-state index contributed by atoms with van der Waals surface area (Å²) in [5.74, 6) is 0.901. The third-order valence-electron chi connectivity index (χ3n) is 3.35. The Morgan fingerprint density at radius 3 is 3.00 bits per heavy atom. The highest BCUT2D eigenvalue weighted by molar-refractivity contribution is 7.99. The number of thioether (sulfide) groups is 1. The van der Waals surface area contributed by atoms with Gasteiger partial charge >= 0.3 is 0 Å². The molecule has 116 valence electrons. The van der Waals surface area contributed by atoms with E-state index in [2.05, 4.69) is 10.1 Å². The predicted octanol–water partition coefficient (Wildman–Crippen LogP) is 2.08. The van der Waals surface area contributed by atoms with Crippen LogP contribution >= 0.6 is 11.8 Å². The van der Waals surface area contributed by atoms with Crippen LogP contribution in [-0.2, 0) is 9.53 Å². The second kappa shape index (κ2) is 6.93. The Hall–Kier alpha value is -1.86. The van der Waals surface area contributed by atoms with Gasteiger partial charge in [0.2, 0.25) is 11.7 Å². The van der Waals surface area contributed by atoms with E-state index in [4.69, 9.17) is 9.26 Å². The van der Waals surface area contributed by atoms with Gasteiger partial charge in [-0.15, -0.1) is 0 Å². The summed E-state index contributed by atoms with van der Waals surface area (Å²) in [7, 11) is 0. The SMILES string of the molecule is C[C@H]1CN(C(=O)CSc2nc(-c3ccccc3)no2)CCO1. The Labute approximate surface area is 132 Å². The van der Waals surface area contributed by atoms with Crippen molar-refractivity contribution in [3.05, 3.63) is 30.3 Å². The van der Waals surface area contributed by atoms with Gasteiger partial charge < -0.3 is 14.2 Å². The smallest absolute Gasteiger partial charge is 0.286 e. The number of hydrogen-bond donors (Lipinski definition) is 0. The van der Waals surface area contributed by atoms with E-state index in [1.165, 1.54) is 11.8 Å². The molecule has 1 saturated heterocycles. The van der Waals surface area contributed by atoms with E-state index in [1.54, 1.807) is 0 Å². The quantitative estimate of drug-likeness (QED) is 0.804. The Morgan fingerprint density at radius 2 is 2.23 bits per heavy atom. The third-order valence-corrected chi connectivity index (χ3v) is 4.16. The highest BCUT2D eigenvalue weighted by Crippen LogP contribution is 2.21. The van der Waals surface area contributed by atoms with E-state index >= 15 is 0 Å². The van der Waals surface area contributed by atoms with Crippen LogP contribution in [0.5, 0.6) is 0 Å². The number of aromatic nitrogens is 2. The summed E-state index contributed by atoms with van der Waals surface area (Å²) in [4.78, 5) is 18.3. The molecule has 0 unspecified atom stereocenters. The first kappa shape index (κ1) is 15.1. The van der Waals surface area contributed by atoms with E-state index in [0.717, 1.165) is 5.56 Å². The second-order valence-corrected chi connectivity index (χ2v) is 5.99. The Balaban J connectivity index is 1.56. The maximum Gasteiger partial charge on any atom is 0.286 e. The largest absolute Gasteiger partial charge is 0.375 e. The fourth-order valence-corrected chi connectivity index (χ4v) is 2.90. The topological polar surface area (TPSA) is 68.5 Å². The molecule has 1 atom stereocenters. The van der Waals surface area contributed by atoms with Crippen molar-refractivity contribution in [1.82, 2.24) is 15.0 Å². The lowest BCUT2D eigenvalue weighted by molar-refractivity contribution is -0.135. The molecule has 2 heterocycles. The van der Waals surface area contributed by atoms with Crippen molar-refractivity contribution in [2.45, 2.75) is 18.3 Å². The fraction of sp³-hybridized carbons (Fsp3) is 0.400. The first-order valence-electron chi connectivity index (χ1n) is 7.13. The lowest BCUT2D eigenvalue weighted by Gasteiger charge is -2.30. The van der Waals surface area contributed by atoms with Gasteiger partial charge in [-0.2, -0.15) is 4.98 Å². The van der Waals surface area contributed by atoms with Crippen LogP contribution < -0.4 is 0 Å². The summed E-state index contributed by atoms with van der Waals surface area (Å²) in [6, 6.07) is 9.60. The summed E-state index contributed by atoms with van der Waals surface area (Å²) in [5.41, 5.74) is 0.895. The zero-order valence-electron chi connectivity index (χ0n) is 12.3. The maximum atomic E-state index is 12.2. The molecule has 1 aromatic carbocycles. The molecule has 7 heteroatoms. The first-order chi connectivity index (χ1) is 10.7. The molecule has 1 amide bonds. The molecule has 0 radical (unpaired) electrons. The van der Waals surface area contributed by atoms with Gasteiger partial charge in [-0.05, 0) is 6.92 Å². The van der Waals surface area contributed by atoms with E-state index < -0.39 is 0 Å². The normalized spacial score (nSPS) is 18.4. The van der Waals surface area contributed by atoms with Crippen LogP contribution in [0.2, 0.25) is 0 Å². The molecule has 3 rings (SSSR count). The van der Waals surface area contributed by atoms with Gasteiger partial charge in [0.1, 0.15) is 0 Å². The summed E-state index contributed by atoms with van der Waals surface area (Å²) in [6.07, 6.45) is 0.0933. The van der Waals surface area contributed by atoms with E-state index in [1.807, 2.05) is 42.2 Å². The average Bonchev–Trinajstić information content (AvgIpc) is 3.02. The first-order valence-corrected chi connectivity index (χ1v) is 8.12. The molecule has 0 bridgehead atoms. The summed E-state index contributed by atoms with van der Waals surface area (Å²) in [6.45, 7) is 3.84. The van der Waals surface area contributed by atoms with Crippen molar-refractivity contribution < 1.29 is 14.1 Å². The molecular weight excluding hydrogens is 302 g/mol. The zero-order chi connectivity index (χ0) is 15.4. The molecule has 1 fully saturated rings. The molecule has 0 spiro atoms. The van der Waals surface area contributed by atoms with Crippen LogP contribution in [-0.4, -0.2) is 52.5 Å². The maximum absolute atomic E-state index is 12.2. The minimum atomic E-state index is 0.0691. The number of carbonyl (C=O) groups excluding carboxylic acids is 1. The van der Waals surface area contributed by atoms with E-state index in [-0.39, 0.29) is 12.0 Å². The minimum Gasteiger partial charge on any atom is -0.375 e. The van der Waals surface area contributed by atoms with Crippen molar-refractivity contribution in [1.29, 1.82) is 0 Å². The highest BCUT2D eigenvalue weighted by atomic mass is 32.2. The van der Waals surface area contributed by atoms with Gasteiger partial charge in [-0.3, -0.25) is 4.79 Å². The lowest BCUT2D eigenvalue weighted by Crippen LogP contribution is -2.45. The molecule has 22 heavy (non-hydrogen) atoms. The molecule has 6 nitrogen and oxygen atoms in total. The molecule has 1 aromatic heterocycles. The molecule has 0 aliphatic carbocycles. The van der Waals surface area contributed by atoms with Crippen molar-refractivity contribution >= 4 is 17.7 Å². The van der Waals surface area contributed by atoms with E-state index in [9.17, 15) is 4.79 Å². The number of rotatable bonds is 4. The van der Waals surface area contributed by atoms with Crippen LogP contribution in [0, 0.1) is 0 Å². The third kappa shape index (κ3) is 3.66. The summed E-state index contributed by atoms with van der Waals surface area (Å²) in [5, 5.41) is 4.35. The Morgan fingerprint density at radius 1 is 1.41 bits per heavy atom. The monoisotopic (exact) mass is 319 g/mol. The predicted molar refractivity (Wildman–Crippen MR) is 82.5 cm³/mol. The second-order valence-electron chi connectivity index (χ2n) is 5.06. The van der Waals surface area contributed by atoms with Crippen molar-refractivity contribution in [3.8, 4) is 11.4 Å². The fourth-order valence-electron chi connectivity index (χ4n) is 2.23. The van der Waals surface area contributed by atoms with Gasteiger partial charge in [0.05, 0.1) is 18.5 Å². The van der Waals surface area contributed by atoms with Crippen LogP contribution in [0.25, 0.3) is 11.4 Å². The molecule has 0 saturated carbocycles. The number of amides is 1. The van der Waals surface area contributed by atoms with Gasteiger partial charge in [-0.1, -0.05) is 47.3 Å². The highest BCUT2D eigenvalue weighted by Gasteiger charge is 2.22. The van der Waals surface area contributed by atoms with Crippen LogP contribution in [0.3, 0.4) is 0 Å². The van der Waals surface area contributed by atoms with Crippen molar-refractivity contribution in [2.24, 2.45) is 0 Å². The van der Waals surface area contributed by atoms with Crippen LogP contribution in [0.15, 0.2) is 40.1 Å². The lowest BCUT2D eigenvalue weighted by atomic mass is 10.2. The number of ether oxygens (including phenoxy) is 1. The Bertz CT molecular complexity index is 632. The average molecular weight is 319 g/mol. The van der Waals surface area contributed by atoms with Crippen LogP contribution in [0.4, 0.5) is 0 Å². The number of morpholine rings is 1. The Kier molecular flexibility index (Phi) is 4.74. The van der Waals surface area contributed by atoms with E-state index in [0.29, 0.717) is 36.5 Å². The molecule has 0 N–H and O–H groups in total. The van der Waals surface area contributed by atoms with Gasteiger partial charge in [0, 0.05) is 18.7 Å². The zero-order valence-corrected chi connectivity index (χ0v) is 13.1. The molecular formula is C15H17N3O3S. The van der Waals surface area contributed by atoms with Crippen LogP contribution in [0.1, 0.15) is 6.92 Å². The minimum absolute atomic E-state index is 0.0691. The number of carbonyl (C=O) groups is 1. The summed E-state index contributed by atoms with van der Waals surface area (Å²) >= 11 is 1.27. The number of benzene rings is 1. The van der Waals surface area contributed by atoms with Gasteiger partial charge in [0.25, 0.3) is 5.22 Å². The number of nitrogens with zero attached hydrogens (tertiary/aromatic N) is 3. The van der Waals surface area contributed by atoms with Crippen molar-refractivity contribution in [2.75, 3.05) is 25.4 Å². The van der Waals surface area contributed by atoms with Gasteiger partial charge in [0.15, 0.2) is 0 Å². The van der Waals surface area contributed by atoms with Gasteiger partial charge in [-0.25, -0.2) is 0 Å².